The van der Waals surface area contributed by atoms with Gasteiger partial charge in [-0.1, -0.05) is 18.2 Å². The van der Waals surface area contributed by atoms with Crippen molar-refractivity contribution in [3.63, 3.8) is 0 Å². The second kappa shape index (κ2) is 9.49. The maximum absolute atomic E-state index is 16.1. The van der Waals surface area contributed by atoms with Gasteiger partial charge in [0.2, 0.25) is 5.67 Å². The number of aliphatic imine (C=N–C) groups is 1. The predicted octanol–water partition coefficient (Wildman–Crippen LogP) is 1.89. The molecular formula is C18H30F3N3O4S2. The second-order valence-electron chi connectivity index (χ2n) is 7.30. The van der Waals surface area contributed by atoms with Crippen LogP contribution >= 0.6 is 0 Å². The minimum Gasteiger partial charge on any atom is -0.300 e. The molecule has 1 aliphatic heterocycles. The molecule has 0 radical (unpaired) electrons. The van der Waals surface area contributed by atoms with Crippen LogP contribution in [0.25, 0.3) is 0 Å². The van der Waals surface area contributed by atoms with Gasteiger partial charge < -0.3 is 0 Å². The predicted molar refractivity (Wildman–Crippen MR) is 113 cm³/mol. The first-order chi connectivity index (χ1) is 13.7. The standard InChI is InChI=1S/C18H30F3N3O4S2/c1-6-8-16(3,29(5,25)26)17(19,9-7-2)18(20,21)30(27,28)24-14-12-23(13-15-24)11-10-22-4/h6-9H,4,10-15H2,1-3,5H3/b8-6+,9-7+. The van der Waals surface area contributed by atoms with Crippen LogP contribution in [0.15, 0.2) is 29.3 Å². The van der Waals surface area contributed by atoms with Gasteiger partial charge in [0.25, 0.3) is 10.0 Å². The molecular weight excluding hydrogens is 443 g/mol. The molecule has 0 aromatic rings. The Hall–Kier alpha value is -1.24. The van der Waals surface area contributed by atoms with Crippen LogP contribution in [0.2, 0.25) is 0 Å². The maximum Gasteiger partial charge on any atom is 0.397 e. The largest absolute Gasteiger partial charge is 0.397 e. The normalized spacial score (nSPS) is 22.2. The van der Waals surface area contributed by atoms with E-state index >= 15 is 13.2 Å². The summed E-state index contributed by atoms with van der Waals surface area (Å²) in [6.45, 7) is 7.32. The molecule has 1 aliphatic rings. The van der Waals surface area contributed by atoms with Crippen molar-refractivity contribution in [2.75, 3.05) is 45.5 Å². The Morgan fingerprint density at radius 2 is 1.50 bits per heavy atom. The number of hydrogen-bond acceptors (Lipinski definition) is 6. The topological polar surface area (TPSA) is 87.1 Å². The Labute approximate surface area is 177 Å². The molecule has 1 rings (SSSR count). The molecule has 0 bridgehead atoms. The third-order valence-corrected chi connectivity index (χ3v) is 9.33. The summed E-state index contributed by atoms with van der Waals surface area (Å²) in [5.41, 5.74) is -4.04. The van der Waals surface area contributed by atoms with Gasteiger partial charge in [-0.3, -0.25) is 9.89 Å². The average Bonchev–Trinajstić information content (AvgIpc) is 2.65. The van der Waals surface area contributed by atoms with Crippen LogP contribution in [0.1, 0.15) is 20.8 Å². The molecule has 0 aliphatic carbocycles. The van der Waals surface area contributed by atoms with E-state index in [0.717, 1.165) is 25.2 Å². The number of sulfonamides is 1. The van der Waals surface area contributed by atoms with Crippen LogP contribution < -0.4 is 0 Å². The Kier molecular flexibility index (Phi) is 8.48. The summed E-state index contributed by atoms with van der Waals surface area (Å²) < 4.78 is 95.2. The molecule has 0 spiro atoms. The lowest BCUT2D eigenvalue weighted by Crippen LogP contribution is -2.67. The molecule has 0 aromatic carbocycles. The lowest BCUT2D eigenvalue weighted by molar-refractivity contribution is -0.0594. The highest BCUT2D eigenvalue weighted by Gasteiger charge is 2.73. The summed E-state index contributed by atoms with van der Waals surface area (Å²) in [4.78, 5) is 5.52. The fourth-order valence-corrected chi connectivity index (χ4v) is 6.18. The zero-order chi connectivity index (χ0) is 23.4. The zero-order valence-corrected chi connectivity index (χ0v) is 19.3. The molecule has 0 aromatic heterocycles. The van der Waals surface area contributed by atoms with Crippen molar-refractivity contribution in [1.82, 2.24) is 9.21 Å². The number of allylic oxidation sites excluding steroid dienone is 3. The van der Waals surface area contributed by atoms with Crippen LogP contribution in [-0.4, -0.2) is 94.0 Å². The molecule has 1 fully saturated rings. The molecule has 0 amide bonds. The highest BCUT2D eigenvalue weighted by atomic mass is 32.2. The molecule has 2 atom stereocenters. The van der Waals surface area contributed by atoms with E-state index in [1.807, 2.05) is 4.90 Å². The third-order valence-electron chi connectivity index (χ3n) is 5.37. The summed E-state index contributed by atoms with van der Waals surface area (Å²) >= 11 is 0. The van der Waals surface area contributed by atoms with Crippen LogP contribution in [-0.2, 0) is 19.9 Å². The Morgan fingerprint density at radius 3 is 1.90 bits per heavy atom. The van der Waals surface area contributed by atoms with Gasteiger partial charge >= 0.3 is 5.25 Å². The average molecular weight is 474 g/mol. The minimum absolute atomic E-state index is 0.159. The van der Waals surface area contributed by atoms with Crippen LogP contribution in [0, 0.1) is 0 Å². The molecule has 7 nitrogen and oxygen atoms in total. The summed E-state index contributed by atoms with van der Waals surface area (Å²) in [6, 6.07) is 0. The number of nitrogens with zero attached hydrogens (tertiary/aromatic N) is 3. The molecule has 1 saturated heterocycles. The number of sulfone groups is 1. The monoisotopic (exact) mass is 473 g/mol. The second-order valence-corrected chi connectivity index (χ2v) is 11.7. The fourth-order valence-electron chi connectivity index (χ4n) is 3.37. The minimum atomic E-state index is -5.53. The van der Waals surface area contributed by atoms with Crippen molar-refractivity contribution in [1.29, 1.82) is 0 Å². The van der Waals surface area contributed by atoms with Gasteiger partial charge in [-0.2, -0.15) is 13.1 Å². The third kappa shape index (κ3) is 4.51. The number of halogens is 3. The Bertz CT molecular complexity index is 882. The highest BCUT2D eigenvalue weighted by molar-refractivity contribution is 7.92. The van der Waals surface area contributed by atoms with E-state index in [0.29, 0.717) is 29.7 Å². The number of alkyl halides is 3. The van der Waals surface area contributed by atoms with E-state index in [-0.39, 0.29) is 26.2 Å². The molecule has 1 heterocycles. The van der Waals surface area contributed by atoms with Crippen LogP contribution in [0.4, 0.5) is 13.2 Å². The molecule has 30 heavy (non-hydrogen) atoms. The first-order valence-corrected chi connectivity index (χ1v) is 12.7. The van der Waals surface area contributed by atoms with Gasteiger partial charge in [-0.05, 0) is 33.6 Å². The van der Waals surface area contributed by atoms with E-state index < -0.39 is 35.5 Å². The van der Waals surface area contributed by atoms with E-state index in [1.54, 1.807) is 0 Å². The highest BCUT2D eigenvalue weighted by Crippen LogP contribution is 2.50. The van der Waals surface area contributed by atoms with Crippen molar-refractivity contribution in [2.24, 2.45) is 4.99 Å². The van der Waals surface area contributed by atoms with Gasteiger partial charge in [-0.15, -0.1) is 0 Å². The molecule has 2 unspecified atom stereocenters. The maximum atomic E-state index is 16.1. The van der Waals surface area contributed by atoms with Crippen molar-refractivity contribution in [2.45, 2.75) is 36.4 Å². The Balaban J connectivity index is 3.47. The number of rotatable bonds is 10. The lowest BCUT2D eigenvalue weighted by Gasteiger charge is -2.44. The van der Waals surface area contributed by atoms with E-state index in [2.05, 4.69) is 11.7 Å². The fraction of sp³-hybridized carbons (Fsp3) is 0.722. The first kappa shape index (κ1) is 26.8. The Morgan fingerprint density at radius 1 is 1.00 bits per heavy atom. The van der Waals surface area contributed by atoms with Gasteiger partial charge in [0.15, 0.2) is 9.84 Å². The number of hydrogen-bond donors (Lipinski definition) is 0. The van der Waals surface area contributed by atoms with Gasteiger partial charge in [0, 0.05) is 39.0 Å². The SMILES string of the molecule is C=NCCN1CCN(S(=O)(=O)C(F)(F)C(F)(/C=C/C)C(C)(/C=C/C)S(C)(=O)=O)CC1. The molecule has 12 heteroatoms. The van der Waals surface area contributed by atoms with Crippen LogP contribution in [0.3, 0.4) is 0 Å². The van der Waals surface area contributed by atoms with E-state index in [9.17, 15) is 16.8 Å². The van der Waals surface area contributed by atoms with Gasteiger partial charge in [0.05, 0.1) is 6.54 Å². The lowest BCUT2D eigenvalue weighted by atomic mass is 9.88. The van der Waals surface area contributed by atoms with Crippen LogP contribution in [0.5, 0.6) is 0 Å². The van der Waals surface area contributed by atoms with E-state index in [1.165, 1.54) is 13.8 Å². The van der Waals surface area contributed by atoms with Crippen molar-refractivity contribution in [3.05, 3.63) is 24.3 Å². The van der Waals surface area contributed by atoms with Crippen molar-refractivity contribution >= 4 is 26.6 Å². The summed E-state index contributed by atoms with van der Waals surface area (Å²) in [6.07, 6.45) is 3.66. The van der Waals surface area contributed by atoms with Gasteiger partial charge in [0.1, 0.15) is 4.75 Å². The van der Waals surface area contributed by atoms with E-state index in [4.69, 9.17) is 0 Å². The summed E-state index contributed by atoms with van der Waals surface area (Å²) in [5.74, 6) is 0. The van der Waals surface area contributed by atoms with Crippen molar-refractivity contribution < 1.29 is 30.0 Å². The number of piperazine rings is 1. The smallest absolute Gasteiger partial charge is 0.300 e. The quantitative estimate of drug-likeness (QED) is 0.357. The first-order valence-electron chi connectivity index (χ1n) is 9.34. The summed E-state index contributed by atoms with van der Waals surface area (Å²) in [7, 11) is -10.0. The molecule has 174 valence electrons. The summed E-state index contributed by atoms with van der Waals surface area (Å²) in [5, 5.41) is -5.05. The molecule has 0 N–H and O–H groups in total. The van der Waals surface area contributed by atoms with Crippen molar-refractivity contribution in [3.8, 4) is 0 Å². The molecule has 0 saturated carbocycles. The van der Waals surface area contributed by atoms with Gasteiger partial charge in [-0.25, -0.2) is 21.2 Å². The zero-order valence-electron chi connectivity index (χ0n) is 17.7.